The van der Waals surface area contributed by atoms with Crippen LogP contribution in [0.1, 0.15) is 25.0 Å². The molecule has 136 valence electrons. The molecule has 0 saturated heterocycles. The minimum Gasteiger partial charge on any atom is -0.492 e. The summed E-state index contributed by atoms with van der Waals surface area (Å²) in [5.74, 6) is 1.61. The highest BCUT2D eigenvalue weighted by Gasteiger charge is 2.06. The molecule has 1 aromatic heterocycles. The van der Waals surface area contributed by atoms with Crippen molar-refractivity contribution >= 4 is 0 Å². The van der Waals surface area contributed by atoms with Crippen LogP contribution in [0.15, 0.2) is 42.6 Å². The van der Waals surface area contributed by atoms with Crippen LogP contribution >= 0.6 is 0 Å². The molecule has 0 amide bonds. The van der Waals surface area contributed by atoms with E-state index in [4.69, 9.17) is 9.47 Å². The summed E-state index contributed by atoms with van der Waals surface area (Å²) in [4.78, 5) is 4.37. The zero-order valence-corrected chi connectivity index (χ0v) is 15.3. The lowest BCUT2D eigenvalue weighted by Gasteiger charge is -2.11. The van der Waals surface area contributed by atoms with Gasteiger partial charge in [0.15, 0.2) is 0 Å². The molecule has 0 fully saturated rings. The zero-order chi connectivity index (χ0) is 17.7. The Morgan fingerprint density at radius 3 is 2.24 bits per heavy atom. The molecular formula is C20H29N3O2. The average Bonchev–Trinajstić information content (AvgIpc) is 2.65. The second kappa shape index (κ2) is 11.4. The highest BCUT2D eigenvalue weighted by atomic mass is 16.5. The fraction of sp³-hybridized carbons (Fsp3) is 0.450. The first-order valence-corrected chi connectivity index (χ1v) is 9.03. The summed E-state index contributed by atoms with van der Waals surface area (Å²) < 4.78 is 11.5. The summed E-state index contributed by atoms with van der Waals surface area (Å²) in [7, 11) is 0. The van der Waals surface area contributed by atoms with Gasteiger partial charge in [-0.15, -0.1) is 0 Å². The molecule has 5 heteroatoms. The number of nitrogens with zero attached hydrogens (tertiary/aromatic N) is 1. The van der Waals surface area contributed by atoms with Crippen molar-refractivity contribution in [3.63, 3.8) is 0 Å². The molecule has 0 aliphatic rings. The van der Waals surface area contributed by atoms with E-state index < -0.39 is 0 Å². The first-order valence-electron chi connectivity index (χ1n) is 9.03. The van der Waals surface area contributed by atoms with Gasteiger partial charge in [-0.2, -0.15) is 0 Å². The maximum atomic E-state index is 5.81. The van der Waals surface area contributed by atoms with Crippen LogP contribution in [0.3, 0.4) is 0 Å². The molecule has 0 radical (unpaired) electrons. The van der Waals surface area contributed by atoms with Crippen molar-refractivity contribution in [1.29, 1.82) is 0 Å². The van der Waals surface area contributed by atoms with E-state index in [0.29, 0.717) is 19.1 Å². The van der Waals surface area contributed by atoms with Gasteiger partial charge in [0.25, 0.3) is 0 Å². The molecule has 25 heavy (non-hydrogen) atoms. The Labute approximate surface area is 150 Å². The lowest BCUT2D eigenvalue weighted by atomic mass is 10.1. The summed E-state index contributed by atoms with van der Waals surface area (Å²) in [6.07, 6.45) is 2.56. The van der Waals surface area contributed by atoms with Gasteiger partial charge >= 0.3 is 0 Å². The maximum absolute atomic E-state index is 5.81. The Bertz CT molecular complexity index is 602. The highest BCUT2D eigenvalue weighted by Crippen LogP contribution is 2.20. The van der Waals surface area contributed by atoms with Gasteiger partial charge < -0.3 is 20.1 Å². The van der Waals surface area contributed by atoms with E-state index in [1.165, 1.54) is 5.56 Å². The molecule has 5 nitrogen and oxygen atoms in total. The van der Waals surface area contributed by atoms with Crippen molar-refractivity contribution in [1.82, 2.24) is 15.6 Å². The number of ether oxygens (including phenoxy) is 2. The molecule has 0 aliphatic heterocycles. The molecule has 0 spiro atoms. The van der Waals surface area contributed by atoms with Crippen molar-refractivity contribution in [2.75, 3.05) is 39.4 Å². The highest BCUT2D eigenvalue weighted by molar-refractivity contribution is 5.35. The standard InChI is InChI=1S/C20H29N3O2/c1-3-21-12-14-24-19-9-7-17(8-10-19)16-18-6-5-11-23-20(18)25-15-13-22-4-2/h5-11,21-22H,3-4,12-16H2,1-2H3. The predicted molar refractivity (Wildman–Crippen MR) is 102 cm³/mol. The van der Waals surface area contributed by atoms with E-state index >= 15 is 0 Å². The Kier molecular flexibility index (Phi) is 8.80. The Morgan fingerprint density at radius 2 is 1.56 bits per heavy atom. The number of pyridine rings is 1. The summed E-state index contributed by atoms with van der Waals surface area (Å²) >= 11 is 0. The second-order valence-electron chi connectivity index (χ2n) is 5.69. The Balaban J connectivity index is 1.88. The molecule has 2 aromatic rings. The van der Waals surface area contributed by atoms with Gasteiger partial charge in [0.1, 0.15) is 19.0 Å². The quantitative estimate of drug-likeness (QED) is 0.580. The number of aromatic nitrogens is 1. The molecule has 1 aromatic carbocycles. The van der Waals surface area contributed by atoms with Crippen LogP contribution in [0.25, 0.3) is 0 Å². The first kappa shape index (κ1) is 19.2. The predicted octanol–water partition coefficient (Wildman–Crippen LogP) is 2.65. The smallest absolute Gasteiger partial charge is 0.216 e. The Hall–Kier alpha value is -2.11. The van der Waals surface area contributed by atoms with Gasteiger partial charge in [0.2, 0.25) is 5.88 Å². The number of benzene rings is 1. The molecule has 0 saturated carbocycles. The summed E-state index contributed by atoms with van der Waals surface area (Å²) in [6, 6.07) is 12.2. The third kappa shape index (κ3) is 7.11. The van der Waals surface area contributed by atoms with Crippen molar-refractivity contribution < 1.29 is 9.47 Å². The van der Waals surface area contributed by atoms with Gasteiger partial charge in [0, 0.05) is 31.3 Å². The third-order valence-corrected chi connectivity index (χ3v) is 3.73. The van der Waals surface area contributed by atoms with Crippen molar-refractivity contribution in [3.8, 4) is 11.6 Å². The lowest BCUT2D eigenvalue weighted by Crippen LogP contribution is -2.20. The summed E-state index contributed by atoms with van der Waals surface area (Å²) in [5, 5.41) is 6.49. The van der Waals surface area contributed by atoms with Gasteiger partial charge in [-0.3, -0.25) is 0 Å². The van der Waals surface area contributed by atoms with E-state index in [2.05, 4.69) is 47.7 Å². The zero-order valence-electron chi connectivity index (χ0n) is 15.3. The normalized spacial score (nSPS) is 10.6. The largest absolute Gasteiger partial charge is 0.492 e. The SMILES string of the molecule is CCNCCOc1ccc(Cc2cccnc2OCCNCC)cc1. The van der Waals surface area contributed by atoms with Crippen LogP contribution in [-0.4, -0.2) is 44.4 Å². The second-order valence-corrected chi connectivity index (χ2v) is 5.69. The van der Waals surface area contributed by atoms with E-state index in [-0.39, 0.29) is 0 Å². The average molecular weight is 343 g/mol. The van der Waals surface area contributed by atoms with E-state index in [1.54, 1.807) is 6.20 Å². The fourth-order valence-corrected chi connectivity index (χ4v) is 2.43. The summed E-state index contributed by atoms with van der Waals surface area (Å²) in [6.45, 7) is 9.07. The molecule has 1 heterocycles. The number of likely N-dealkylation sites (N-methyl/N-ethyl adjacent to an activating group) is 2. The van der Waals surface area contributed by atoms with Crippen LogP contribution in [-0.2, 0) is 6.42 Å². The van der Waals surface area contributed by atoms with Gasteiger partial charge in [-0.05, 0) is 36.9 Å². The van der Waals surface area contributed by atoms with Crippen LogP contribution in [0.4, 0.5) is 0 Å². The first-order chi connectivity index (χ1) is 12.3. The molecule has 0 unspecified atom stereocenters. The minimum absolute atomic E-state index is 0.621. The Morgan fingerprint density at radius 1 is 0.880 bits per heavy atom. The van der Waals surface area contributed by atoms with E-state index in [0.717, 1.165) is 43.9 Å². The van der Waals surface area contributed by atoms with Crippen LogP contribution in [0, 0.1) is 0 Å². The van der Waals surface area contributed by atoms with Crippen molar-refractivity contribution in [2.45, 2.75) is 20.3 Å². The van der Waals surface area contributed by atoms with Crippen LogP contribution in [0.5, 0.6) is 11.6 Å². The number of hydrogen-bond acceptors (Lipinski definition) is 5. The topological polar surface area (TPSA) is 55.4 Å². The molecule has 0 bridgehead atoms. The number of hydrogen-bond donors (Lipinski definition) is 2. The number of nitrogens with one attached hydrogen (secondary N) is 2. The monoisotopic (exact) mass is 343 g/mol. The van der Waals surface area contributed by atoms with Crippen molar-refractivity contribution in [2.24, 2.45) is 0 Å². The molecule has 0 atom stereocenters. The van der Waals surface area contributed by atoms with Gasteiger partial charge in [-0.1, -0.05) is 32.0 Å². The number of rotatable bonds is 12. The summed E-state index contributed by atoms with van der Waals surface area (Å²) in [5.41, 5.74) is 2.31. The minimum atomic E-state index is 0.621. The molecule has 0 aliphatic carbocycles. The maximum Gasteiger partial charge on any atom is 0.216 e. The lowest BCUT2D eigenvalue weighted by molar-refractivity contribution is 0.301. The van der Waals surface area contributed by atoms with Gasteiger partial charge in [-0.25, -0.2) is 4.98 Å². The fourth-order valence-electron chi connectivity index (χ4n) is 2.43. The molecule has 2 N–H and O–H groups in total. The van der Waals surface area contributed by atoms with Gasteiger partial charge in [0.05, 0.1) is 0 Å². The van der Waals surface area contributed by atoms with Crippen LogP contribution < -0.4 is 20.1 Å². The third-order valence-electron chi connectivity index (χ3n) is 3.73. The van der Waals surface area contributed by atoms with E-state index in [1.807, 2.05) is 18.2 Å². The van der Waals surface area contributed by atoms with Crippen molar-refractivity contribution in [3.05, 3.63) is 53.7 Å². The molecule has 2 rings (SSSR count). The van der Waals surface area contributed by atoms with E-state index in [9.17, 15) is 0 Å². The van der Waals surface area contributed by atoms with Crippen LogP contribution in [0.2, 0.25) is 0 Å². The molecular weight excluding hydrogens is 314 g/mol.